The molecular formula is C15H22FNO. The summed E-state index contributed by atoms with van der Waals surface area (Å²) in [5.74, 6) is 0.662. The molecule has 0 aromatic heterocycles. The Kier molecular flexibility index (Phi) is 5.00. The van der Waals surface area contributed by atoms with Gasteiger partial charge >= 0.3 is 0 Å². The molecule has 0 aliphatic heterocycles. The molecule has 0 saturated heterocycles. The van der Waals surface area contributed by atoms with Crippen molar-refractivity contribution in [1.29, 1.82) is 0 Å². The van der Waals surface area contributed by atoms with Crippen molar-refractivity contribution in [3.8, 4) is 0 Å². The number of nitrogens with one attached hydrogen (secondary N) is 1. The topological polar surface area (TPSA) is 21.3 Å². The monoisotopic (exact) mass is 251 g/mol. The zero-order valence-electron chi connectivity index (χ0n) is 11.0. The summed E-state index contributed by atoms with van der Waals surface area (Å²) in [5, 5.41) is 3.23. The van der Waals surface area contributed by atoms with Crippen LogP contribution in [0.2, 0.25) is 0 Å². The van der Waals surface area contributed by atoms with E-state index in [-0.39, 0.29) is 5.82 Å². The Bertz CT molecular complexity index is 344. The zero-order valence-corrected chi connectivity index (χ0v) is 11.0. The first kappa shape index (κ1) is 13.3. The first-order valence-corrected chi connectivity index (χ1v) is 6.85. The molecule has 100 valence electrons. The molecule has 18 heavy (non-hydrogen) atoms. The maximum absolute atomic E-state index is 12.7. The summed E-state index contributed by atoms with van der Waals surface area (Å²) < 4.78 is 18.5. The number of halogens is 1. The van der Waals surface area contributed by atoms with Crippen LogP contribution in [-0.2, 0) is 4.74 Å². The van der Waals surface area contributed by atoms with Gasteiger partial charge in [-0.15, -0.1) is 0 Å². The highest BCUT2D eigenvalue weighted by molar-refractivity contribution is 5.42. The minimum Gasteiger partial charge on any atom is -0.383 e. The fourth-order valence-corrected chi connectivity index (χ4v) is 2.38. The van der Waals surface area contributed by atoms with Gasteiger partial charge < -0.3 is 10.1 Å². The summed E-state index contributed by atoms with van der Waals surface area (Å²) in [7, 11) is 0. The third-order valence-corrected chi connectivity index (χ3v) is 3.59. The van der Waals surface area contributed by atoms with Crippen LogP contribution in [0.25, 0.3) is 0 Å². The van der Waals surface area contributed by atoms with Crippen LogP contribution < -0.4 is 5.32 Å². The van der Waals surface area contributed by atoms with Crippen LogP contribution in [0.5, 0.6) is 0 Å². The molecule has 2 nitrogen and oxygen atoms in total. The summed E-state index contributed by atoms with van der Waals surface area (Å²) in [6.45, 7) is 3.81. The summed E-state index contributed by atoms with van der Waals surface area (Å²) >= 11 is 0. The lowest BCUT2D eigenvalue weighted by Gasteiger charge is -2.26. The Labute approximate surface area is 109 Å². The number of hydrogen-bond donors (Lipinski definition) is 1. The molecule has 1 aliphatic carbocycles. The largest absolute Gasteiger partial charge is 0.383 e. The molecule has 0 radical (unpaired) electrons. The molecule has 1 aromatic rings. The van der Waals surface area contributed by atoms with Gasteiger partial charge in [0, 0.05) is 12.2 Å². The van der Waals surface area contributed by atoms with Crippen LogP contribution in [-0.4, -0.2) is 19.3 Å². The van der Waals surface area contributed by atoms with Crippen molar-refractivity contribution < 1.29 is 9.13 Å². The molecule has 0 heterocycles. The van der Waals surface area contributed by atoms with Gasteiger partial charge in [-0.3, -0.25) is 0 Å². The average molecular weight is 251 g/mol. The number of hydrogen-bond acceptors (Lipinski definition) is 2. The molecule has 0 amide bonds. The van der Waals surface area contributed by atoms with Gasteiger partial charge in [-0.2, -0.15) is 0 Å². The molecule has 3 heteroatoms. The van der Waals surface area contributed by atoms with Gasteiger partial charge in [-0.05, 0) is 55.9 Å². The van der Waals surface area contributed by atoms with E-state index in [9.17, 15) is 4.39 Å². The normalized spacial score (nSPS) is 23.9. The highest BCUT2D eigenvalue weighted by Gasteiger charge is 2.17. The van der Waals surface area contributed by atoms with Crippen molar-refractivity contribution in [2.24, 2.45) is 5.92 Å². The van der Waals surface area contributed by atoms with Gasteiger partial charge in [0.05, 0.1) is 12.7 Å². The maximum atomic E-state index is 12.7. The van der Waals surface area contributed by atoms with Crippen LogP contribution in [0.1, 0.15) is 32.6 Å². The van der Waals surface area contributed by atoms with Crippen molar-refractivity contribution >= 4 is 5.69 Å². The summed E-state index contributed by atoms with van der Waals surface area (Å²) in [5.41, 5.74) is 0.942. The Morgan fingerprint density at radius 2 is 1.83 bits per heavy atom. The Balaban J connectivity index is 1.60. The number of benzene rings is 1. The molecule has 1 fully saturated rings. The highest BCUT2D eigenvalue weighted by atomic mass is 19.1. The van der Waals surface area contributed by atoms with Crippen LogP contribution in [0.3, 0.4) is 0 Å². The zero-order chi connectivity index (χ0) is 12.8. The molecular weight excluding hydrogens is 229 g/mol. The lowest BCUT2D eigenvalue weighted by Crippen LogP contribution is -2.23. The van der Waals surface area contributed by atoms with E-state index in [4.69, 9.17) is 4.74 Å². The second kappa shape index (κ2) is 6.74. The average Bonchev–Trinajstić information content (AvgIpc) is 2.39. The fraction of sp³-hybridized carbons (Fsp3) is 0.600. The molecule has 0 unspecified atom stereocenters. The number of ether oxygens (including phenoxy) is 1. The standard InChI is InChI=1S/C15H22FNO/c1-12-2-8-15(9-3-12)18-11-10-17-14-6-4-13(16)5-7-14/h4-7,12,15,17H,2-3,8-11H2,1H3. The van der Waals surface area contributed by atoms with E-state index in [1.807, 2.05) is 0 Å². The van der Waals surface area contributed by atoms with Crippen LogP contribution in [0, 0.1) is 11.7 Å². The molecule has 1 aromatic carbocycles. The molecule has 1 N–H and O–H groups in total. The van der Waals surface area contributed by atoms with Crippen molar-refractivity contribution in [2.75, 3.05) is 18.5 Å². The van der Waals surface area contributed by atoms with Crippen LogP contribution in [0.4, 0.5) is 10.1 Å². The van der Waals surface area contributed by atoms with E-state index in [2.05, 4.69) is 12.2 Å². The lowest BCUT2D eigenvalue weighted by atomic mass is 9.89. The van der Waals surface area contributed by atoms with E-state index in [0.717, 1.165) is 24.8 Å². The Morgan fingerprint density at radius 1 is 1.17 bits per heavy atom. The third kappa shape index (κ3) is 4.30. The SMILES string of the molecule is CC1CCC(OCCNc2ccc(F)cc2)CC1. The van der Waals surface area contributed by atoms with Gasteiger partial charge in [0.2, 0.25) is 0 Å². The quantitative estimate of drug-likeness (QED) is 0.803. The van der Waals surface area contributed by atoms with Crippen LogP contribution >= 0.6 is 0 Å². The molecule has 0 atom stereocenters. The molecule has 0 bridgehead atoms. The van der Waals surface area contributed by atoms with E-state index in [0.29, 0.717) is 6.10 Å². The van der Waals surface area contributed by atoms with Crippen molar-refractivity contribution in [2.45, 2.75) is 38.7 Å². The van der Waals surface area contributed by atoms with E-state index in [1.165, 1.54) is 37.8 Å². The van der Waals surface area contributed by atoms with E-state index < -0.39 is 0 Å². The highest BCUT2D eigenvalue weighted by Crippen LogP contribution is 2.25. The Morgan fingerprint density at radius 3 is 2.50 bits per heavy atom. The summed E-state index contributed by atoms with van der Waals surface area (Å²) in [4.78, 5) is 0. The van der Waals surface area contributed by atoms with Crippen LogP contribution in [0.15, 0.2) is 24.3 Å². The van der Waals surface area contributed by atoms with Crippen molar-refractivity contribution in [3.63, 3.8) is 0 Å². The molecule has 1 saturated carbocycles. The predicted octanol–water partition coefficient (Wildman–Crippen LogP) is 3.83. The fourth-order valence-electron chi connectivity index (χ4n) is 2.38. The van der Waals surface area contributed by atoms with Gasteiger partial charge in [0.15, 0.2) is 0 Å². The van der Waals surface area contributed by atoms with E-state index in [1.54, 1.807) is 12.1 Å². The van der Waals surface area contributed by atoms with Gasteiger partial charge in [0.1, 0.15) is 5.82 Å². The molecule has 2 rings (SSSR count). The second-order valence-electron chi connectivity index (χ2n) is 5.19. The first-order valence-electron chi connectivity index (χ1n) is 6.85. The third-order valence-electron chi connectivity index (χ3n) is 3.59. The second-order valence-corrected chi connectivity index (χ2v) is 5.19. The minimum absolute atomic E-state index is 0.201. The number of anilines is 1. The smallest absolute Gasteiger partial charge is 0.123 e. The van der Waals surface area contributed by atoms with Gasteiger partial charge in [0.25, 0.3) is 0 Å². The Hall–Kier alpha value is -1.09. The van der Waals surface area contributed by atoms with Crippen molar-refractivity contribution in [3.05, 3.63) is 30.1 Å². The molecule has 1 aliphatic rings. The minimum atomic E-state index is -0.201. The molecule has 0 spiro atoms. The van der Waals surface area contributed by atoms with E-state index >= 15 is 0 Å². The van der Waals surface area contributed by atoms with Gasteiger partial charge in [-0.1, -0.05) is 6.92 Å². The van der Waals surface area contributed by atoms with Crippen molar-refractivity contribution in [1.82, 2.24) is 0 Å². The first-order chi connectivity index (χ1) is 8.74. The van der Waals surface area contributed by atoms with Gasteiger partial charge in [-0.25, -0.2) is 4.39 Å². The summed E-state index contributed by atoms with van der Waals surface area (Å²) in [6.07, 6.45) is 5.40. The number of rotatable bonds is 5. The lowest BCUT2D eigenvalue weighted by molar-refractivity contribution is 0.0257. The summed E-state index contributed by atoms with van der Waals surface area (Å²) in [6, 6.07) is 6.42. The predicted molar refractivity (Wildman–Crippen MR) is 72.3 cm³/mol. The maximum Gasteiger partial charge on any atom is 0.123 e.